The van der Waals surface area contributed by atoms with E-state index in [1.165, 1.54) is 0 Å². The molecule has 24 heavy (non-hydrogen) atoms. The lowest BCUT2D eigenvalue weighted by Crippen LogP contribution is -2.15. The van der Waals surface area contributed by atoms with Crippen LogP contribution in [-0.2, 0) is 0 Å². The Balaban J connectivity index is 1.92. The van der Waals surface area contributed by atoms with Crippen LogP contribution in [0.4, 0.5) is 0 Å². The molecule has 0 aliphatic carbocycles. The smallest absolute Gasteiger partial charge is 0.0827 e. The highest BCUT2D eigenvalue weighted by Crippen LogP contribution is 2.17. The van der Waals surface area contributed by atoms with Gasteiger partial charge in [0.05, 0.1) is 23.3 Å². The molecule has 3 aromatic carbocycles. The van der Waals surface area contributed by atoms with E-state index in [1.807, 2.05) is 64.1 Å². The van der Waals surface area contributed by atoms with Gasteiger partial charge in [0.25, 0.3) is 0 Å². The van der Waals surface area contributed by atoms with Crippen molar-refractivity contribution >= 4 is 0 Å². The molecule has 0 fully saturated rings. The van der Waals surface area contributed by atoms with Crippen molar-refractivity contribution in [3.05, 3.63) is 97.2 Å². The first-order valence-corrected chi connectivity index (χ1v) is 7.90. The van der Waals surface area contributed by atoms with Gasteiger partial charge in [-0.15, -0.1) is 0 Å². The quantitative estimate of drug-likeness (QED) is 0.550. The second kappa shape index (κ2) is 6.38. The van der Waals surface area contributed by atoms with Crippen LogP contribution >= 0.6 is 0 Å². The van der Waals surface area contributed by atoms with Gasteiger partial charge in [-0.1, -0.05) is 66.7 Å². The van der Waals surface area contributed by atoms with Crippen molar-refractivity contribution in [3.8, 4) is 22.6 Å². The molecule has 4 nitrogen and oxygen atoms in total. The Morgan fingerprint density at radius 2 is 1.12 bits per heavy atom. The first-order valence-electron chi connectivity index (χ1n) is 7.90. The molecule has 0 bridgehead atoms. The van der Waals surface area contributed by atoms with Crippen LogP contribution in [0.25, 0.3) is 22.6 Å². The summed E-state index contributed by atoms with van der Waals surface area (Å²) in [7, 11) is 0. The number of nitrogens with one attached hydrogen (secondary N) is 2. The van der Waals surface area contributed by atoms with Gasteiger partial charge >= 0.3 is 0 Å². The summed E-state index contributed by atoms with van der Waals surface area (Å²) in [6.07, 6.45) is 2.06. The average Bonchev–Trinajstić information content (AvgIpc) is 2.70. The van der Waals surface area contributed by atoms with E-state index in [-0.39, 0.29) is 0 Å². The molecular weight excluding hydrogens is 296 g/mol. The zero-order chi connectivity index (χ0) is 16.2. The van der Waals surface area contributed by atoms with Crippen LogP contribution in [0.2, 0.25) is 0 Å². The number of para-hydroxylation sites is 2. The normalized spacial score (nSPS) is 10.5. The van der Waals surface area contributed by atoms with E-state index in [4.69, 9.17) is 0 Å². The summed E-state index contributed by atoms with van der Waals surface area (Å²) in [4.78, 5) is 1.91. The highest BCUT2D eigenvalue weighted by Gasteiger charge is 2.04. The van der Waals surface area contributed by atoms with Crippen LogP contribution in [0.15, 0.2) is 97.2 Å². The van der Waals surface area contributed by atoms with Crippen molar-refractivity contribution in [3.63, 3.8) is 0 Å². The van der Waals surface area contributed by atoms with E-state index in [9.17, 15) is 0 Å². The number of H-pyrrole nitrogens is 2. The van der Waals surface area contributed by atoms with Gasteiger partial charge < -0.3 is 0 Å². The van der Waals surface area contributed by atoms with Gasteiger partial charge in [0.2, 0.25) is 0 Å². The number of hydrogen-bond donors (Lipinski definition) is 2. The molecule has 4 aromatic rings. The molecular formula is C20H18N4. The maximum Gasteiger partial charge on any atom is 0.0827 e. The van der Waals surface area contributed by atoms with Gasteiger partial charge in [-0.3, -0.25) is 5.10 Å². The predicted molar refractivity (Wildman–Crippen MR) is 96.9 cm³/mol. The minimum Gasteiger partial charge on any atom is -0.276 e. The van der Waals surface area contributed by atoms with Crippen molar-refractivity contribution in [2.75, 3.05) is 0 Å². The molecule has 0 aliphatic heterocycles. The van der Waals surface area contributed by atoms with E-state index >= 15 is 0 Å². The summed E-state index contributed by atoms with van der Waals surface area (Å²) >= 11 is 0. The van der Waals surface area contributed by atoms with Crippen molar-refractivity contribution in [1.29, 1.82) is 0 Å². The average molecular weight is 314 g/mol. The lowest BCUT2D eigenvalue weighted by atomic mass is 10.2. The fraction of sp³-hybridized carbons (Fsp3) is 0. The van der Waals surface area contributed by atoms with Gasteiger partial charge in [0, 0.05) is 5.56 Å². The van der Waals surface area contributed by atoms with Crippen molar-refractivity contribution in [2.24, 2.45) is 0 Å². The standard InChI is InChI=1S/C20H18N4/c1-4-10-17(11-5-1)20-16-23(18-12-6-2-7-13-18)22-24(21-20)19-14-8-3-9-15-19/h1-16,21-22H. The maximum absolute atomic E-state index is 3.43. The van der Waals surface area contributed by atoms with E-state index in [0.717, 1.165) is 22.6 Å². The first-order chi connectivity index (χ1) is 11.9. The largest absolute Gasteiger partial charge is 0.276 e. The predicted octanol–water partition coefficient (Wildman–Crippen LogP) is 4.72. The Morgan fingerprint density at radius 3 is 1.75 bits per heavy atom. The number of rotatable bonds is 3. The Labute approximate surface area is 140 Å². The van der Waals surface area contributed by atoms with E-state index < -0.39 is 0 Å². The molecule has 0 saturated carbocycles. The number of nitrogens with zero attached hydrogens (tertiary/aromatic N) is 2. The lowest BCUT2D eigenvalue weighted by Gasteiger charge is -2.16. The molecule has 1 heterocycles. The summed E-state index contributed by atoms with van der Waals surface area (Å²) in [5.74, 6) is 0. The molecule has 0 amide bonds. The Bertz CT molecular complexity index is 799. The van der Waals surface area contributed by atoms with Crippen molar-refractivity contribution < 1.29 is 0 Å². The van der Waals surface area contributed by atoms with Crippen LogP contribution in [-0.4, -0.2) is 19.8 Å². The molecule has 0 atom stereocenters. The van der Waals surface area contributed by atoms with Crippen LogP contribution in [0.1, 0.15) is 0 Å². The number of hydrogen-bond acceptors (Lipinski definition) is 0. The molecule has 0 aliphatic rings. The highest BCUT2D eigenvalue weighted by atomic mass is 15.6. The van der Waals surface area contributed by atoms with Crippen molar-refractivity contribution in [2.45, 2.75) is 0 Å². The van der Waals surface area contributed by atoms with Gasteiger partial charge in [-0.05, 0) is 24.3 Å². The first kappa shape index (κ1) is 14.2. The van der Waals surface area contributed by atoms with Crippen LogP contribution < -0.4 is 0 Å². The number of benzene rings is 3. The summed E-state index contributed by atoms with van der Waals surface area (Å²) < 4.78 is 2.01. The van der Waals surface area contributed by atoms with Gasteiger partial charge in [-0.25, -0.2) is 9.90 Å². The van der Waals surface area contributed by atoms with Crippen LogP contribution in [0.5, 0.6) is 0 Å². The highest BCUT2D eigenvalue weighted by molar-refractivity contribution is 5.57. The third kappa shape index (κ3) is 2.90. The third-order valence-corrected chi connectivity index (χ3v) is 3.83. The fourth-order valence-electron chi connectivity index (χ4n) is 2.62. The van der Waals surface area contributed by atoms with E-state index in [1.54, 1.807) is 0 Å². The molecule has 4 rings (SSSR count). The minimum atomic E-state index is 1.02. The molecule has 2 N–H and O–H groups in total. The second-order valence-corrected chi connectivity index (χ2v) is 5.50. The summed E-state index contributed by atoms with van der Waals surface area (Å²) in [5.41, 5.74) is 4.23. The Morgan fingerprint density at radius 1 is 0.583 bits per heavy atom. The molecule has 118 valence electrons. The third-order valence-electron chi connectivity index (χ3n) is 3.83. The minimum absolute atomic E-state index is 1.02. The molecule has 0 radical (unpaired) electrons. The molecule has 4 heteroatoms. The summed E-state index contributed by atoms with van der Waals surface area (Å²) in [5, 5.41) is 6.79. The van der Waals surface area contributed by atoms with Gasteiger partial charge in [-0.2, -0.15) is 4.80 Å². The molecule has 1 aromatic heterocycles. The fourth-order valence-corrected chi connectivity index (χ4v) is 2.62. The van der Waals surface area contributed by atoms with Crippen molar-refractivity contribution in [1.82, 2.24) is 19.8 Å². The van der Waals surface area contributed by atoms with Gasteiger partial charge in [0.15, 0.2) is 0 Å². The van der Waals surface area contributed by atoms with E-state index in [0.29, 0.717) is 0 Å². The Hall–Kier alpha value is -3.40. The van der Waals surface area contributed by atoms with Crippen LogP contribution in [0, 0.1) is 0 Å². The summed E-state index contributed by atoms with van der Waals surface area (Å²) in [6, 6.07) is 30.7. The molecule has 0 spiro atoms. The monoisotopic (exact) mass is 314 g/mol. The number of aromatic amines is 2. The SMILES string of the molecule is c1ccc(-c2cn(-c3ccccc3)[nH]n(-c3ccccc3)[nH]2)cc1. The summed E-state index contributed by atoms with van der Waals surface area (Å²) in [6.45, 7) is 0. The topological polar surface area (TPSA) is 41.4 Å². The van der Waals surface area contributed by atoms with Gasteiger partial charge in [0.1, 0.15) is 0 Å². The maximum atomic E-state index is 3.43. The molecule has 0 unspecified atom stereocenters. The zero-order valence-electron chi connectivity index (χ0n) is 13.1. The van der Waals surface area contributed by atoms with Crippen LogP contribution in [0.3, 0.4) is 0 Å². The second-order valence-electron chi connectivity index (χ2n) is 5.50. The Kier molecular flexibility index (Phi) is 3.78. The molecule has 0 saturated heterocycles. The zero-order valence-corrected chi connectivity index (χ0v) is 13.1. The van der Waals surface area contributed by atoms with E-state index in [2.05, 4.69) is 52.9 Å². The lowest BCUT2D eigenvalue weighted by molar-refractivity contribution is 0.586. The number of aromatic nitrogens is 4.